The molecule has 5 nitrogen and oxygen atoms in total. The maximum atomic E-state index is 11.7. The molecule has 0 fully saturated rings. The van der Waals surface area contributed by atoms with Crippen LogP contribution < -0.4 is 4.74 Å². The molecule has 1 N–H and O–H groups in total. The van der Waals surface area contributed by atoms with E-state index in [1.807, 2.05) is 30.3 Å². The number of hydrogen-bond acceptors (Lipinski definition) is 5. The van der Waals surface area contributed by atoms with E-state index in [2.05, 4.69) is 4.74 Å². The summed E-state index contributed by atoms with van der Waals surface area (Å²) in [6.07, 6.45) is -2.14. The summed E-state index contributed by atoms with van der Waals surface area (Å²) in [6.45, 7) is 2.52. The highest BCUT2D eigenvalue weighted by Crippen LogP contribution is 2.23. The molecule has 0 spiro atoms. The molecule has 0 saturated carbocycles. The van der Waals surface area contributed by atoms with E-state index in [-0.39, 0.29) is 0 Å². The van der Waals surface area contributed by atoms with E-state index in [0.29, 0.717) is 24.5 Å². The van der Waals surface area contributed by atoms with E-state index in [4.69, 9.17) is 9.47 Å². The summed E-state index contributed by atoms with van der Waals surface area (Å²) in [5.74, 6) is 0.0783. The SMILES string of the molecule is CCO[C@H](C(=O)OC)[C@H](O)c1ccc(OCc2ccccc2)cc1. The Labute approximate surface area is 141 Å². The van der Waals surface area contributed by atoms with Crippen molar-refractivity contribution in [2.24, 2.45) is 0 Å². The molecule has 5 heteroatoms. The lowest BCUT2D eigenvalue weighted by Gasteiger charge is -2.21. The van der Waals surface area contributed by atoms with Crippen LogP contribution >= 0.6 is 0 Å². The van der Waals surface area contributed by atoms with E-state index < -0.39 is 18.2 Å². The van der Waals surface area contributed by atoms with Crippen molar-refractivity contribution in [3.8, 4) is 5.75 Å². The summed E-state index contributed by atoms with van der Waals surface area (Å²) in [4.78, 5) is 11.7. The van der Waals surface area contributed by atoms with Crippen molar-refractivity contribution in [2.75, 3.05) is 13.7 Å². The number of esters is 1. The molecule has 0 saturated heterocycles. The van der Waals surface area contributed by atoms with E-state index in [9.17, 15) is 9.90 Å². The van der Waals surface area contributed by atoms with Gasteiger partial charge in [-0.15, -0.1) is 0 Å². The maximum absolute atomic E-state index is 11.7. The fourth-order valence-electron chi connectivity index (χ4n) is 2.26. The van der Waals surface area contributed by atoms with Gasteiger partial charge in [0.1, 0.15) is 18.5 Å². The summed E-state index contributed by atoms with van der Waals surface area (Å²) >= 11 is 0. The van der Waals surface area contributed by atoms with Crippen molar-refractivity contribution in [3.05, 3.63) is 65.7 Å². The van der Waals surface area contributed by atoms with Crippen LogP contribution in [0.25, 0.3) is 0 Å². The number of ether oxygens (including phenoxy) is 3. The molecule has 128 valence electrons. The average Bonchev–Trinajstić information content (AvgIpc) is 2.64. The lowest BCUT2D eigenvalue weighted by molar-refractivity contribution is -0.162. The summed E-state index contributed by atoms with van der Waals surface area (Å²) in [7, 11) is 1.27. The first-order valence-corrected chi connectivity index (χ1v) is 7.80. The molecule has 0 aliphatic rings. The van der Waals surface area contributed by atoms with Gasteiger partial charge in [-0.05, 0) is 30.2 Å². The number of aliphatic hydroxyl groups excluding tert-OH is 1. The van der Waals surface area contributed by atoms with Gasteiger partial charge < -0.3 is 19.3 Å². The van der Waals surface area contributed by atoms with Crippen LogP contribution in [0.5, 0.6) is 5.75 Å². The monoisotopic (exact) mass is 330 g/mol. The molecule has 0 unspecified atom stereocenters. The Hall–Kier alpha value is -2.37. The Kier molecular flexibility index (Phi) is 6.78. The first-order valence-electron chi connectivity index (χ1n) is 7.80. The van der Waals surface area contributed by atoms with Gasteiger partial charge in [-0.3, -0.25) is 0 Å². The molecule has 0 aliphatic heterocycles. The molecular weight excluding hydrogens is 308 g/mol. The van der Waals surface area contributed by atoms with Crippen LogP contribution in [0.1, 0.15) is 24.2 Å². The van der Waals surface area contributed by atoms with Gasteiger partial charge in [0.05, 0.1) is 7.11 Å². The minimum atomic E-state index is -1.10. The maximum Gasteiger partial charge on any atom is 0.338 e. The highest BCUT2D eigenvalue weighted by molar-refractivity contribution is 5.75. The number of carbonyl (C=O) groups excluding carboxylic acids is 1. The number of rotatable bonds is 8. The van der Waals surface area contributed by atoms with Crippen LogP contribution in [0.2, 0.25) is 0 Å². The van der Waals surface area contributed by atoms with Crippen molar-refractivity contribution in [3.63, 3.8) is 0 Å². The summed E-state index contributed by atoms with van der Waals surface area (Å²) in [6, 6.07) is 16.8. The van der Waals surface area contributed by atoms with Crippen LogP contribution in [-0.4, -0.2) is 30.9 Å². The zero-order valence-corrected chi connectivity index (χ0v) is 13.8. The smallest absolute Gasteiger partial charge is 0.338 e. The Morgan fingerprint density at radius 1 is 1.08 bits per heavy atom. The Morgan fingerprint density at radius 2 is 1.75 bits per heavy atom. The van der Waals surface area contributed by atoms with Gasteiger partial charge >= 0.3 is 5.97 Å². The van der Waals surface area contributed by atoms with Gasteiger partial charge in [-0.1, -0.05) is 42.5 Å². The van der Waals surface area contributed by atoms with Crippen molar-refractivity contribution in [2.45, 2.75) is 25.7 Å². The predicted octanol–water partition coefficient (Wildman–Crippen LogP) is 2.88. The second-order valence-corrected chi connectivity index (χ2v) is 5.19. The first kappa shape index (κ1) is 18.0. The summed E-state index contributed by atoms with van der Waals surface area (Å²) < 4.78 is 15.7. The number of carbonyl (C=O) groups is 1. The van der Waals surface area contributed by atoms with Gasteiger partial charge in [0.25, 0.3) is 0 Å². The third kappa shape index (κ3) is 4.81. The molecular formula is C19H22O5. The van der Waals surface area contributed by atoms with Crippen molar-refractivity contribution >= 4 is 5.97 Å². The molecule has 0 heterocycles. The van der Waals surface area contributed by atoms with Gasteiger partial charge in [-0.2, -0.15) is 0 Å². The van der Waals surface area contributed by atoms with Crippen molar-refractivity contribution < 1.29 is 24.1 Å². The average molecular weight is 330 g/mol. The fraction of sp³-hybridized carbons (Fsp3) is 0.316. The predicted molar refractivity (Wildman–Crippen MR) is 89.6 cm³/mol. The van der Waals surface area contributed by atoms with Crippen LogP contribution in [-0.2, 0) is 20.9 Å². The highest BCUT2D eigenvalue weighted by Gasteiger charge is 2.29. The third-order valence-electron chi connectivity index (χ3n) is 3.54. The van der Waals surface area contributed by atoms with Crippen LogP contribution in [0.15, 0.2) is 54.6 Å². The Morgan fingerprint density at radius 3 is 2.33 bits per heavy atom. The lowest BCUT2D eigenvalue weighted by Crippen LogP contribution is -2.32. The zero-order valence-electron chi connectivity index (χ0n) is 13.8. The van der Waals surface area contributed by atoms with Gasteiger partial charge in [0.2, 0.25) is 0 Å². The van der Waals surface area contributed by atoms with Crippen LogP contribution in [0.3, 0.4) is 0 Å². The minimum absolute atomic E-state index is 0.301. The summed E-state index contributed by atoms with van der Waals surface area (Å²) in [5.41, 5.74) is 1.63. The number of hydrogen-bond donors (Lipinski definition) is 1. The molecule has 0 bridgehead atoms. The normalized spacial score (nSPS) is 13.1. The minimum Gasteiger partial charge on any atom is -0.489 e. The largest absolute Gasteiger partial charge is 0.489 e. The zero-order chi connectivity index (χ0) is 17.4. The Bertz CT molecular complexity index is 624. The first-order chi connectivity index (χ1) is 11.7. The van der Waals surface area contributed by atoms with E-state index >= 15 is 0 Å². The second kappa shape index (κ2) is 9.05. The van der Waals surface area contributed by atoms with Crippen LogP contribution in [0.4, 0.5) is 0 Å². The third-order valence-corrected chi connectivity index (χ3v) is 3.54. The molecule has 0 aromatic heterocycles. The number of aliphatic hydroxyl groups is 1. The molecule has 2 atom stereocenters. The molecule has 0 aliphatic carbocycles. The second-order valence-electron chi connectivity index (χ2n) is 5.19. The lowest BCUT2D eigenvalue weighted by atomic mass is 10.0. The number of methoxy groups -OCH3 is 1. The van der Waals surface area contributed by atoms with Crippen molar-refractivity contribution in [1.29, 1.82) is 0 Å². The van der Waals surface area contributed by atoms with E-state index in [0.717, 1.165) is 5.56 Å². The molecule has 2 aromatic rings. The van der Waals surface area contributed by atoms with Gasteiger partial charge in [0, 0.05) is 6.61 Å². The van der Waals surface area contributed by atoms with Gasteiger partial charge in [0.15, 0.2) is 6.10 Å². The quantitative estimate of drug-likeness (QED) is 0.754. The molecule has 24 heavy (non-hydrogen) atoms. The topological polar surface area (TPSA) is 65.0 Å². The van der Waals surface area contributed by atoms with Crippen molar-refractivity contribution in [1.82, 2.24) is 0 Å². The fourth-order valence-corrected chi connectivity index (χ4v) is 2.26. The molecule has 0 amide bonds. The molecule has 2 rings (SSSR count). The number of benzene rings is 2. The highest BCUT2D eigenvalue weighted by atomic mass is 16.6. The van der Waals surface area contributed by atoms with E-state index in [1.54, 1.807) is 31.2 Å². The van der Waals surface area contributed by atoms with Gasteiger partial charge in [-0.25, -0.2) is 4.79 Å². The summed E-state index contributed by atoms with van der Waals surface area (Å²) in [5, 5.41) is 10.3. The molecule has 2 aromatic carbocycles. The van der Waals surface area contributed by atoms with Crippen LogP contribution in [0, 0.1) is 0 Å². The Balaban J connectivity index is 2.00. The standard InChI is InChI=1S/C19H22O5/c1-3-23-18(19(21)22-2)17(20)15-9-11-16(12-10-15)24-13-14-7-5-4-6-8-14/h4-12,17-18,20H,3,13H2,1-2H3/t17-,18+/m1/s1. The van der Waals surface area contributed by atoms with E-state index in [1.165, 1.54) is 7.11 Å². The molecule has 0 radical (unpaired) electrons.